The molecule has 0 fully saturated rings. The zero-order chi connectivity index (χ0) is 10.1. The number of nitrogens with zero attached hydrogens (tertiary/aromatic N) is 1. The lowest BCUT2D eigenvalue weighted by Crippen LogP contribution is -1.78. The number of hydrogen-bond acceptors (Lipinski definition) is 2. The van der Waals surface area contributed by atoms with Crippen LogP contribution in [-0.4, -0.2) is 4.98 Å². The zero-order valence-corrected chi connectivity index (χ0v) is 7.97. The molecule has 0 aliphatic rings. The topological polar surface area (TPSA) is 26.0 Å². The van der Waals surface area contributed by atoms with Gasteiger partial charge in [-0.05, 0) is 30.3 Å². The summed E-state index contributed by atoms with van der Waals surface area (Å²) in [6.07, 6.45) is 3.52. The van der Waals surface area contributed by atoms with Crippen LogP contribution in [0, 0.1) is 6.07 Å². The number of rotatable bonds is 1. The number of pyridine rings is 1. The third-order valence-electron chi connectivity index (χ3n) is 2.36. The average Bonchev–Trinajstić information content (AvgIpc) is 2.74. The number of hydrogen-bond donors (Lipinski definition) is 0. The van der Waals surface area contributed by atoms with Crippen molar-refractivity contribution in [1.29, 1.82) is 0 Å². The molecular weight excluding hydrogens is 186 g/mol. The van der Waals surface area contributed by atoms with Crippen LogP contribution in [0.1, 0.15) is 0 Å². The molecule has 0 unspecified atom stereocenters. The molecule has 2 aromatic heterocycles. The Bertz CT molecular complexity index is 584. The lowest BCUT2D eigenvalue weighted by Gasteiger charge is -1.95. The average molecular weight is 194 g/mol. The fourth-order valence-electron chi connectivity index (χ4n) is 1.64. The van der Waals surface area contributed by atoms with Crippen molar-refractivity contribution in [1.82, 2.24) is 4.98 Å². The highest BCUT2D eigenvalue weighted by Crippen LogP contribution is 2.28. The van der Waals surface area contributed by atoms with Gasteiger partial charge in [-0.2, -0.15) is 0 Å². The maximum absolute atomic E-state index is 5.44. The van der Waals surface area contributed by atoms with E-state index in [1.165, 1.54) is 0 Å². The summed E-state index contributed by atoms with van der Waals surface area (Å²) < 4.78 is 5.44. The second-order valence-electron chi connectivity index (χ2n) is 3.29. The molecule has 2 heteroatoms. The van der Waals surface area contributed by atoms with E-state index >= 15 is 0 Å². The lowest BCUT2D eigenvalue weighted by molar-refractivity contribution is 0.617. The van der Waals surface area contributed by atoms with Gasteiger partial charge in [0.2, 0.25) is 0 Å². The Morgan fingerprint density at radius 2 is 2.20 bits per heavy atom. The number of aromatic nitrogens is 1. The van der Waals surface area contributed by atoms with Gasteiger partial charge < -0.3 is 4.42 Å². The van der Waals surface area contributed by atoms with Crippen LogP contribution in [0.3, 0.4) is 0 Å². The molecule has 71 valence electrons. The van der Waals surface area contributed by atoms with Gasteiger partial charge in [0.05, 0.1) is 5.69 Å². The first-order chi connectivity index (χ1) is 7.45. The Morgan fingerprint density at radius 1 is 1.20 bits per heavy atom. The Hall–Kier alpha value is -2.09. The van der Waals surface area contributed by atoms with Gasteiger partial charge in [-0.3, -0.25) is 4.98 Å². The molecule has 0 N–H and O–H groups in total. The highest BCUT2D eigenvalue weighted by Gasteiger charge is 2.07. The van der Waals surface area contributed by atoms with Crippen LogP contribution in [0.5, 0.6) is 0 Å². The van der Waals surface area contributed by atoms with Gasteiger partial charge in [-0.1, -0.05) is 12.1 Å². The summed E-state index contributed by atoms with van der Waals surface area (Å²) in [6.45, 7) is 0. The van der Waals surface area contributed by atoms with Crippen molar-refractivity contribution >= 4 is 11.0 Å². The second kappa shape index (κ2) is 3.24. The van der Waals surface area contributed by atoms with Gasteiger partial charge in [-0.25, -0.2) is 0 Å². The molecule has 2 heterocycles. The molecule has 3 aromatic rings. The summed E-state index contributed by atoms with van der Waals surface area (Å²) >= 11 is 0. The van der Waals surface area contributed by atoms with Gasteiger partial charge in [0, 0.05) is 17.1 Å². The molecule has 0 atom stereocenters. The quantitative estimate of drug-likeness (QED) is 0.594. The fourth-order valence-corrected chi connectivity index (χ4v) is 1.64. The summed E-state index contributed by atoms with van der Waals surface area (Å²) in [7, 11) is 0. The first-order valence-electron chi connectivity index (χ1n) is 4.74. The third-order valence-corrected chi connectivity index (χ3v) is 2.36. The Kier molecular flexibility index (Phi) is 1.78. The summed E-state index contributed by atoms with van der Waals surface area (Å²) in [5.74, 6) is 0. The first kappa shape index (κ1) is 8.24. The molecule has 0 aliphatic heterocycles. The third kappa shape index (κ3) is 1.31. The van der Waals surface area contributed by atoms with Crippen molar-refractivity contribution in [3.05, 3.63) is 54.9 Å². The summed E-state index contributed by atoms with van der Waals surface area (Å²) in [5, 5.41) is 1.05. The highest BCUT2D eigenvalue weighted by molar-refractivity contribution is 5.92. The van der Waals surface area contributed by atoms with E-state index in [0.29, 0.717) is 0 Å². The monoisotopic (exact) mass is 194 g/mol. The van der Waals surface area contributed by atoms with Crippen molar-refractivity contribution in [3.8, 4) is 11.3 Å². The van der Waals surface area contributed by atoms with E-state index < -0.39 is 0 Å². The van der Waals surface area contributed by atoms with Crippen molar-refractivity contribution in [2.45, 2.75) is 0 Å². The van der Waals surface area contributed by atoms with Gasteiger partial charge in [0.1, 0.15) is 11.8 Å². The zero-order valence-electron chi connectivity index (χ0n) is 7.97. The lowest BCUT2D eigenvalue weighted by atomic mass is 10.1. The Balaban J connectivity index is 2.28. The molecule has 15 heavy (non-hydrogen) atoms. The second-order valence-corrected chi connectivity index (χ2v) is 3.29. The van der Waals surface area contributed by atoms with Crippen LogP contribution in [0.15, 0.2) is 53.3 Å². The molecule has 0 aliphatic carbocycles. The molecule has 0 bridgehead atoms. The number of benzene rings is 1. The predicted octanol–water partition coefficient (Wildman–Crippen LogP) is 3.29. The van der Waals surface area contributed by atoms with Gasteiger partial charge in [0.15, 0.2) is 0 Å². The largest absolute Gasteiger partial charge is 0.464 e. The van der Waals surface area contributed by atoms with Crippen LogP contribution in [0.4, 0.5) is 0 Å². The molecule has 0 amide bonds. The minimum absolute atomic E-state index is 0.870. The molecule has 1 aromatic carbocycles. The van der Waals surface area contributed by atoms with Gasteiger partial charge >= 0.3 is 0 Å². The van der Waals surface area contributed by atoms with E-state index in [9.17, 15) is 0 Å². The highest BCUT2D eigenvalue weighted by atomic mass is 16.3. The van der Waals surface area contributed by atoms with E-state index in [4.69, 9.17) is 4.42 Å². The maximum Gasteiger partial charge on any atom is 0.134 e. The van der Waals surface area contributed by atoms with E-state index in [1.807, 2.05) is 36.4 Å². The molecule has 0 saturated carbocycles. The van der Waals surface area contributed by atoms with Crippen molar-refractivity contribution < 1.29 is 4.42 Å². The number of furan rings is 1. The molecule has 3 rings (SSSR count). The van der Waals surface area contributed by atoms with Crippen molar-refractivity contribution in [2.24, 2.45) is 0 Å². The summed E-state index contributed by atoms with van der Waals surface area (Å²) in [5.41, 5.74) is 2.81. The van der Waals surface area contributed by atoms with E-state index in [1.54, 1.807) is 12.5 Å². The molecule has 0 spiro atoms. The first-order valence-corrected chi connectivity index (χ1v) is 4.74. The normalized spacial score (nSPS) is 10.7. The van der Waals surface area contributed by atoms with Crippen LogP contribution < -0.4 is 0 Å². The maximum atomic E-state index is 5.44. The fraction of sp³-hybridized carbons (Fsp3) is 0. The van der Waals surface area contributed by atoms with E-state index in [-0.39, 0.29) is 0 Å². The van der Waals surface area contributed by atoms with Gasteiger partial charge in [-0.15, -0.1) is 0 Å². The molecule has 1 radical (unpaired) electrons. The van der Waals surface area contributed by atoms with Crippen LogP contribution >= 0.6 is 0 Å². The molecule has 0 saturated heterocycles. The SMILES string of the molecule is [c]1ccc2occ(-c3ccccn3)c2c1. The summed E-state index contributed by atoms with van der Waals surface area (Å²) in [6, 6.07) is 14.5. The van der Waals surface area contributed by atoms with E-state index in [0.717, 1.165) is 22.2 Å². The van der Waals surface area contributed by atoms with Crippen LogP contribution in [-0.2, 0) is 0 Å². The van der Waals surface area contributed by atoms with E-state index in [2.05, 4.69) is 11.1 Å². The van der Waals surface area contributed by atoms with Crippen molar-refractivity contribution in [3.63, 3.8) is 0 Å². The summed E-state index contributed by atoms with van der Waals surface area (Å²) in [4.78, 5) is 4.30. The van der Waals surface area contributed by atoms with Crippen LogP contribution in [0.2, 0.25) is 0 Å². The molecule has 2 nitrogen and oxygen atoms in total. The number of fused-ring (bicyclic) bond motifs is 1. The van der Waals surface area contributed by atoms with Crippen molar-refractivity contribution in [2.75, 3.05) is 0 Å². The molecular formula is C13H8NO. The Morgan fingerprint density at radius 3 is 3.07 bits per heavy atom. The Labute approximate surface area is 87.2 Å². The minimum atomic E-state index is 0.870. The predicted molar refractivity (Wildman–Crippen MR) is 58.3 cm³/mol. The standard InChI is InChI=1S/C13H8NO/c1-2-7-13-10(5-1)11(9-15-13)12-6-3-4-8-14-12/h2-9H. The minimum Gasteiger partial charge on any atom is -0.464 e. The van der Waals surface area contributed by atoms with Crippen LogP contribution in [0.25, 0.3) is 22.2 Å². The smallest absolute Gasteiger partial charge is 0.134 e. The van der Waals surface area contributed by atoms with Gasteiger partial charge in [0.25, 0.3) is 0 Å².